The molecule has 0 bridgehead atoms. The molecule has 0 heterocycles. The third-order valence-electron chi connectivity index (χ3n) is 3.25. The summed E-state index contributed by atoms with van der Waals surface area (Å²) in [6.45, 7) is 2.27. The molecule has 0 rings (SSSR count). The monoisotopic (exact) mass is 284 g/mol. The molecule has 3 heteroatoms. The zero-order valence-corrected chi connectivity index (χ0v) is 13.1. The Morgan fingerprint density at radius 2 is 1.55 bits per heavy atom. The molecule has 20 heavy (non-hydrogen) atoms. The summed E-state index contributed by atoms with van der Waals surface area (Å²) in [5.74, 6) is -0.186. The van der Waals surface area contributed by atoms with Crippen LogP contribution < -0.4 is 0 Å². The van der Waals surface area contributed by atoms with Crippen LogP contribution in [0.1, 0.15) is 77.6 Å². The van der Waals surface area contributed by atoms with E-state index in [-0.39, 0.29) is 19.2 Å². The molecule has 0 saturated heterocycles. The molecule has 118 valence electrons. The summed E-state index contributed by atoms with van der Waals surface area (Å²) >= 11 is 0. The van der Waals surface area contributed by atoms with Gasteiger partial charge in [-0.1, -0.05) is 51.2 Å². The molecule has 0 saturated carbocycles. The Balaban J connectivity index is 3.14. The van der Waals surface area contributed by atoms with E-state index >= 15 is 0 Å². The second-order valence-electron chi connectivity index (χ2n) is 5.22. The summed E-state index contributed by atoms with van der Waals surface area (Å²) in [7, 11) is 0. The third kappa shape index (κ3) is 15.2. The van der Waals surface area contributed by atoms with E-state index in [0.717, 1.165) is 12.8 Å². The van der Waals surface area contributed by atoms with Crippen LogP contribution in [-0.2, 0) is 9.53 Å². The second-order valence-corrected chi connectivity index (χ2v) is 5.22. The molecule has 0 atom stereocenters. The molecule has 0 unspecified atom stereocenters. The number of hydrogen-bond acceptors (Lipinski definition) is 3. The molecular formula is C17H32O3. The summed E-state index contributed by atoms with van der Waals surface area (Å²) in [5, 5.41) is 8.51. The van der Waals surface area contributed by atoms with Gasteiger partial charge in [0.2, 0.25) is 0 Å². The molecular weight excluding hydrogens is 252 g/mol. The number of rotatable bonds is 14. The Morgan fingerprint density at radius 1 is 0.950 bits per heavy atom. The Bertz CT molecular complexity index is 236. The number of allylic oxidation sites excluding steroid dienone is 2. The lowest BCUT2D eigenvalue weighted by Gasteiger charge is -2.02. The first-order valence-corrected chi connectivity index (χ1v) is 8.22. The Labute approximate surface area is 124 Å². The molecule has 0 aromatic rings. The Morgan fingerprint density at radius 3 is 2.20 bits per heavy atom. The van der Waals surface area contributed by atoms with E-state index in [1.54, 1.807) is 0 Å². The minimum atomic E-state index is -0.186. The van der Waals surface area contributed by atoms with Gasteiger partial charge in [0, 0.05) is 6.42 Å². The lowest BCUT2D eigenvalue weighted by Crippen LogP contribution is -2.07. The van der Waals surface area contributed by atoms with Crippen LogP contribution in [0.4, 0.5) is 0 Å². The van der Waals surface area contributed by atoms with Crippen molar-refractivity contribution in [1.82, 2.24) is 0 Å². The van der Waals surface area contributed by atoms with Crippen molar-refractivity contribution in [2.75, 3.05) is 13.2 Å². The zero-order chi connectivity index (χ0) is 14.9. The van der Waals surface area contributed by atoms with Gasteiger partial charge in [-0.15, -0.1) is 0 Å². The predicted molar refractivity (Wildman–Crippen MR) is 83.6 cm³/mol. The first-order valence-electron chi connectivity index (χ1n) is 8.22. The Hall–Kier alpha value is -0.830. The fourth-order valence-electron chi connectivity index (χ4n) is 2.04. The van der Waals surface area contributed by atoms with Crippen molar-refractivity contribution < 1.29 is 14.6 Å². The number of ether oxygens (including phenoxy) is 1. The summed E-state index contributed by atoms with van der Waals surface area (Å²) in [6, 6.07) is 0. The normalized spacial score (nSPS) is 11.1. The third-order valence-corrected chi connectivity index (χ3v) is 3.25. The summed E-state index contributed by atoms with van der Waals surface area (Å²) in [5.41, 5.74) is 0. The maximum atomic E-state index is 11.1. The van der Waals surface area contributed by atoms with Crippen molar-refractivity contribution in [2.24, 2.45) is 0 Å². The standard InChI is InChI=1S/C17H32O3/c1-2-3-4-5-6-7-8-9-10-11-12-13-14-17(19)20-16-15-18/h6-7,18H,2-5,8-16H2,1H3/b7-6-. The molecule has 0 aliphatic carbocycles. The fraction of sp³-hybridized carbons (Fsp3) is 0.824. The molecule has 0 amide bonds. The van der Waals surface area contributed by atoms with Gasteiger partial charge in [-0.05, 0) is 32.1 Å². The van der Waals surface area contributed by atoms with Gasteiger partial charge in [-0.3, -0.25) is 4.79 Å². The first kappa shape index (κ1) is 19.2. The molecule has 0 aromatic carbocycles. The van der Waals surface area contributed by atoms with E-state index in [4.69, 9.17) is 9.84 Å². The first-order chi connectivity index (χ1) is 9.81. The van der Waals surface area contributed by atoms with E-state index < -0.39 is 0 Å². The van der Waals surface area contributed by atoms with Crippen LogP contribution in [-0.4, -0.2) is 24.3 Å². The number of esters is 1. The van der Waals surface area contributed by atoms with Crippen LogP contribution in [0.2, 0.25) is 0 Å². The van der Waals surface area contributed by atoms with E-state index in [1.807, 2.05) is 0 Å². The average Bonchev–Trinajstić information content (AvgIpc) is 2.46. The lowest BCUT2D eigenvalue weighted by atomic mass is 10.1. The van der Waals surface area contributed by atoms with Gasteiger partial charge in [-0.25, -0.2) is 0 Å². The zero-order valence-electron chi connectivity index (χ0n) is 13.1. The highest BCUT2D eigenvalue weighted by atomic mass is 16.5. The number of aliphatic hydroxyl groups excluding tert-OH is 1. The van der Waals surface area contributed by atoms with E-state index in [2.05, 4.69) is 19.1 Å². The second kappa shape index (κ2) is 16.2. The van der Waals surface area contributed by atoms with Crippen LogP contribution >= 0.6 is 0 Å². The minimum absolute atomic E-state index is 0.0856. The number of carbonyl (C=O) groups is 1. The van der Waals surface area contributed by atoms with Crippen molar-refractivity contribution in [3.63, 3.8) is 0 Å². The van der Waals surface area contributed by atoms with Gasteiger partial charge in [-0.2, -0.15) is 0 Å². The van der Waals surface area contributed by atoms with Crippen LogP contribution in [0.15, 0.2) is 12.2 Å². The summed E-state index contributed by atoms with van der Waals surface area (Å²) in [6.07, 6.45) is 17.1. The van der Waals surface area contributed by atoms with Crippen LogP contribution in [0, 0.1) is 0 Å². The molecule has 0 aromatic heterocycles. The molecule has 0 spiro atoms. The Kier molecular flexibility index (Phi) is 15.6. The highest BCUT2D eigenvalue weighted by Crippen LogP contribution is 2.09. The average molecular weight is 284 g/mol. The van der Waals surface area contributed by atoms with Crippen LogP contribution in [0.25, 0.3) is 0 Å². The number of aliphatic hydroxyl groups is 1. The van der Waals surface area contributed by atoms with Gasteiger partial charge in [0.25, 0.3) is 0 Å². The molecule has 0 fully saturated rings. The summed E-state index contributed by atoms with van der Waals surface area (Å²) in [4.78, 5) is 11.1. The number of hydrogen-bond donors (Lipinski definition) is 1. The van der Waals surface area contributed by atoms with Crippen LogP contribution in [0.3, 0.4) is 0 Å². The van der Waals surface area contributed by atoms with Gasteiger partial charge in [0.15, 0.2) is 0 Å². The van der Waals surface area contributed by atoms with Crippen LogP contribution in [0.5, 0.6) is 0 Å². The number of unbranched alkanes of at least 4 members (excludes halogenated alkanes) is 8. The van der Waals surface area contributed by atoms with E-state index in [0.29, 0.717) is 6.42 Å². The molecule has 1 N–H and O–H groups in total. The van der Waals surface area contributed by atoms with Gasteiger partial charge in [0.05, 0.1) is 6.61 Å². The van der Waals surface area contributed by atoms with Crippen molar-refractivity contribution in [2.45, 2.75) is 77.6 Å². The van der Waals surface area contributed by atoms with Crippen molar-refractivity contribution in [3.05, 3.63) is 12.2 Å². The van der Waals surface area contributed by atoms with Crippen molar-refractivity contribution >= 4 is 5.97 Å². The number of carbonyl (C=O) groups excluding carboxylic acids is 1. The van der Waals surface area contributed by atoms with E-state index in [1.165, 1.54) is 51.4 Å². The smallest absolute Gasteiger partial charge is 0.305 e. The molecule has 3 nitrogen and oxygen atoms in total. The van der Waals surface area contributed by atoms with Crippen molar-refractivity contribution in [1.29, 1.82) is 0 Å². The summed E-state index contributed by atoms with van der Waals surface area (Å²) < 4.78 is 4.79. The van der Waals surface area contributed by atoms with Gasteiger partial charge < -0.3 is 9.84 Å². The maximum Gasteiger partial charge on any atom is 0.305 e. The van der Waals surface area contributed by atoms with E-state index in [9.17, 15) is 4.79 Å². The largest absolute Gasteiger partial charge is 0.463 e. The molecule has 0 radical (unpaired) electrons. The minimum Gasteiger partial charge on any atom is -0.463 e. The topological polar surface area (TPSA) is 46.5 Å². The SMILES string of the molecule is CCCCC/C=C\CCCCCCCC(=O)OCCO. The van der Waals surface area contributed by atoms with Gasteiger partial charge >= 0.3 is 5.97 Å². The maximum absolute atomic E-state index is 11.1. The quantitative estimate of drug-likeness (QED) is 0.292. The highest BCUT2D eigenvalue weighted by Gasteiger charge is 2.01. The molecule has 0 aliphatic rings. The van der Waals surface area contributed by atoms with Gasteiger partial charge in [0.1, 0.15) is 6.61 Å². The fourth-order valence-corrected chi connectivity index (χ4v) is 2.04. The molecule has 0 aliphatic heterocycles. The van der Waals surface area contributed by atoms with Crippen molar-refractivity contribution in [3.8, 4) is 0 Å². The lowest BCUT2D eigenvalue weighted by molar-refractivity contribution is -0.144. The predicted octanol–water partition coefficient (Wildman–Crippen LogP) is 4.39. The highest BCUT2D eigenvalue weighted by molar-refractivity contribution is 5.69.